The lowest BCUT2D eigenvalue weighted by molar-refractivity contribution is -0.181. The molecule has 0 spiro atoms. The van der Waals surface area contributed by atoms with Crippen LogP contribution in [0.1, 0.15) is 40.0 Å². The molecule has 1 N–H and O–H groups in total. The first kappa shape index (κ1) is 11.8. The predicted molar refractivity (Wildman–Crippen MR) is 56.6 cm³/mol. The summed E-state index contributed by atoms with van der Waals surface area (Å²) >= 11 is 0. The average Bonchev–Trinajstić information content (AvgIpc) is 2.50. The van der Waals surface area contributed by atoms with Crippen LogP contribution < -0.4 is 0 Å². The van der Waals surface area contributed by atoms with E-state index >= 15 is 0 Å². The Hall–Kier alpha value is -0.640. The summed E-state index contributed by atoms with van der Waals surface area (Å²) in [5, 5.41) is 8.53. The van der Waals surface area contributed by atoms with Crippen molar-refractivity contribution in [1.82, 2.24) is 0 Å². The van der Waals surface area contributed by atoms with Gasteiger partial charge in [-0.3, -0.25) is 0 Å². The third-order valence-corrected chi connectivity index (χ3v) is 5.19. The van der Waals surface area contributed by atoms with Crippen LogP contribution in [0, 0.1) is 16.7 Å². The zero-order valence-electron chi connectivity index (χ0n) is 10.00. The Morgan fingerprint density at radius 1 is 1.50 bits per heavy atom. The van der Waals surface area contributed by atoms with Gasteiger partial charge in [-0.25, -0.2) is 9.18 Å². The molecule has 2 fully saturated rings. The molecule has 0 saturated heterocycles. The van der Waals surface area contributed by atoms with Crippen LogP contribution in [0.25, 0.3) is 0 Å². The molecule has 4 heteroatoms. The fourth-order valence-corrected chi connectivity index (χ4v) is 3.54. The van der Waals surface area contributed by atoms with Gasteiger partial charge in [0.05, 0.1) is 6.10 Å². The summed E-state index contributed by atoms with van der Waals surface area (Å²) in [6.07, 6.45) is 0.496. The third-order valence-electron chi connectivity index (χ3n) is 5.19. The van der Waals surface area contributed by atoms with Gasteiger partial charge in [0.25, 0.3) is 6.36 Å². The van der Waals surface area contributed by atoms with E-state index in [2.05, 4.69) is 20.8 Å². The first-order chi connectivity index (χ1) is 7.29. The van der Waals surface area contributed by atoms with Crippen LogP contribution >= 0.6 is 0 Å². The van der Waals surface area contributed by atoms with E-state index in [0.717, 1.165) is 19.3 Å². The number of hydrogen-bond donors (Lipinski definition) is 1. The van der Waals surface area contributed by atoms with Crippen LogP contribution in [0.15, 0.2) is 0 Å². The monoisotopic (exact) mass is 230 g/mol. The summed E-state index contributed by atoms with van der Waals surface area (Å²) in [5.41, 5.74) is 0.0351. The zero-order chi connectivity index (χ0) is 12.1. The van der Waals surface area contributed by atoms with Gasteiger partial charge >= 0.3 is 5.97 Å². The Bertz CT molecular complexity index is 315. The summed E-state index contributed by atoms with van der Waals surface area (Å²) in [6, 6.07) is 0. The summed E-state index contributed by atoms with van der Waals surface area (Å²) in [6.45, 7) is 6.46. The van der Waals surface area contributed by atoms with Crippen molar-refractivity contribution in [3.8, 4) is 0 Å². The third kappa shape index (κ3) is 1.39. The van der Waals surface area contributed by atoms with Gasteiger partial charge in [0, 0.05) is 0 Å². The second-order valence-electron chi connectivity index (χ2n) is 5.89. The number of halogens is 1. The number of carboxylic acid groups (broad SMARTS) is 1. The van der Waals surface area contributed by atoms with Crippen molar-refractivity contribution >= 4 is 5.97 Å². The van der Waals surface area contributed by atoms with Crippen LogP contribution in [0.3, 0.4) is 0 Å². The van der Waals surface area contributed by atoms with Crippen LogP contribution in [0.4, 0.5) is 4.39 Å². The predicted octanol–water partition coefficient (Wildman–Crippen LogP) is 2.60. The first-order valence-electron chi connectivity index (χ1n) is 5.81. The molecule has 0 amide bonds. The molecule has 0 aliphatic heterocycles. The maximum Gasteiger partial charge on any atom is 0.366 e. The molecular formula is C12H19FO3. The minimum Gasteiger partial charge on any atom is -0.477 e. The molecule has 0 radical (unpaired) electrons. The molecule has 0 aromatic rings. The Kier molecular flexibility index (Phi) is 2.53. The van der Waals surface area contributed by atoms with E-state index in [1.165, 1.54) is 0 Å². The molecule has 2 rings (SSSR count). The van der Waals surface area contributed by atoms with E-state index in [-0.39, 0.29) is 16.9 Å². The molecule has 3 nitrogen and oxygen atoms in total. The van der Waals surface area contributed by atoms with Gasteiger partial charge in [-0.2, -0.15) is 0 Å². The van der Waals surface area contributed by atoms with E-state index in [1.54, 1.807) is 0 Å². The fraction of sp³-hybridized carbons (Fsp3) is 0.917. The minimum absolute atomic E-state index is 0.0859. The van der Waals surface area contributed by atoms with Gasteiger partial charge in [0.2, 0.25) is 0 Å². The molecule has 2 saturated carbocycles. The molecule has 2 aliphatic rings. The number of carbonyl (C=O) groups is 1. The van der Waals surface area contributed by atoms with E-state index in [1.807, 2.05) is 0 Å². The summed E-state index contributed by atoms with van der Waals surface area (Å²) < 4.78 is 18.2. The van der Waals surface area contributed by atoms with Crippen molar-refractivity contribution in [1.29, 1.82) is 0 Å². The molecule has 2 bridgehead atoms. The summed E-state index contributed by atoms with van der Waals surface area (Å²) in [7, 11) is 0. The number of aliphatic carboxylic acids is 1. The van der Waals surface area contributed by atoms with Crippen LogP contribution in [0.2, 0.25) is 0 Å². The molecular weight excluding hydrogens is 211 g/mol. The quantitative estimate of drug-likeness (QED) is 0.810. The molecule has 4 unspecified atom stereocenters. The number of fused-ring (bicyclic) bond motifs is 2. The second-order valence-corrected chi connectivity index (χ2v) is 5.89. The number of ether oxygens (including phenoxy) is 1. The average molecular weight is 230 g/mol. The highest BCUT2D eigenvalue weighted by Crippen LogP contribution is 2.66. The molecule has 2 aliphatic carbocycles. The van der Waals surface area contributed by atoms with Gasteiger partial charge in [0.15, 0.2) is 0 Å². The SMILES string of the molecule is CC1(C)C2CCC1(C)C(OC(F)C(=O)O)C2. The van der Waals surface area contributed by atoms with Crippen LogP contribution in [0.5, 0.6) is 0 Å². The molecule has 16 heavy (non-hydrogen) atoms. The van der Waals surface area contributed by atoms with E-state index in [0.29, 0.717) is 5.92 Å². The number of carboxylic acids is 1. The molecule has 0 aromatic carbocycles. The van der Waals surface area contributed by atoms with Crippen molar-refractivity contribution in [3.05, 3.63) is 0 Å². The van der Waals surface area contributed by atoms with Gasteiger partial charge in [-0.15, -0.1) is 0 Å². The van der Waals surface area contributed by atoms with Crippen molar-refractivity contribution in [2.45, 2.75) is 52.5 Å². The van der Waals surface area contributed by atoms with E-state index in [9.17, 15) is 9.18 Å². The normalized spacial score (nSPS) is 42.2. The molecule has 0 heterocycles. The lowest BCUT2D eigenvalue weighted by atomic mass is 9.70. The van der Waals surface area contributed by atoms with Crippen LogP contribution in [-0.4, -0.2) is 23.5 Å². The highest BCUT2D eigenvalue weighted by molar-refractivity contribution is 5.70. The highest BCUT2D eigenvalue weighted by Gasteiger charge is 2.62. The Morgan fingerprint density at radius 2 is 2.12 bits per heavy atom. The molecule has 92 valence electrons. The van der Waals surface area contributed by atoms with Gasteiger partial charge in [0.1, 0.15) is 0 Å². The number of rotatable bonds is 3. The van der Waals surface area contributed by atoms with E-state index < -0.39 is 12.3 Å². The topological polar surface area (TPSA) is 46.5 Å². The Labute approximate surface area is 95.0 Å². The highest BCUT2D eigenvalue weighted by atomic mass is 19.1. The summed E-state index contributed by atoms with van der Waals surface area (Å²) in [4.78, 5) is 10.5. The maximum absolute atomic E-state index is 13.1. The van der Waals surface area contributed by atoms with Gasteiger partial charge in [-0.1, -0.05) is 20.8 Å². The first-order valence-corrected chi connectivity index (χ1v) is 5.81. The van der Waals surface area contributed by atoms with Gasteiger partial charge in [-0.05, 0) is 36.0 Å². The standard InChI is InChI=1S/C12H19FO3/c1-11(2)7-4-5-12(11,3)8(6-7)16-9(13)10(14)15/h7-9H,4-6H2,1-3H3,(H,14,15). The lowest BCUT2D eigenvalue weighted by Crippen LogP contribution is -2.39. The van der Waals surface area contributed by atoms with Crippen molar-refractivity contribution in [3.63, 3.8) is 0 Å². The Balaban J connectivity index is 2.13. The maximum atomic E-state index is 13.1. The van der Waals surface area contributed by atoms with Crippen molar-refractivity contribution in [2.75, 3.05) is 0 Å². The van der Waals surface area contributed by atoms with Crippen molar-refractivity contribution < 1.29 is 19.0 Å². The number of alkyl halides is 1. The zero-order valence-corrected chi connectivity index (χ0v) is 10.00. The lowest BCUT2D eigenvalue weighted by Gasteiger charge is -2.38. The Morgan fingerprint density at radius 3 is 2.50 bits per heavy atom. The molecule has 4 atom stereocenters. The summed E-state index contributed by atoms with van der Waals surface area (Å²) in [5.74, 6) is -0.993. The fourth-order valence-electron chi connectivity index (χ4n) is 3.54. The molecule has 0 aromatic heterocycles. The second kappa shape index (κ2) is 3.42. The van der Waals surface area contributed by atoms with E-state index in [4.69, 9.17) is 9.84 Å². The smallest absolute Gasteiger partial charge is 0.366 e. The minimum atomic E-state index is -2.18. The van der Waals surface area contributed by atoms with Crippen molar-refractivity contribution in [2.24, 2.45) is 16.7 Å². The largest absolute Gasteiger partial charge is 0.477 e. The number of hydrogen-bond acceptors (Lipinski definition) is 2. The van der Waals surface area contributed by atoms with Crippen LogP contribution in [-0.2, 0) is 9.53 Å². The van der Waals surface area contributed by atoms with Gasteiger partial charge < -0.3 is 9.84 Å².